The van der Waals surface area contributed by atoms with Gasteiger partial charge in [0.2, 0.25) is 5.91 Å². The monoisotopic (exact) mass is 373 g/mol. The van der Waals surface area contributed by atoms with E-state index in [9.17, 15) is 9.59 Å². The first-order chi connectivity index (χ1) is 12.5. The second kappa shape index (κ2) is 6.25. The van der Waals surface area contributed by atoms with Crippen LogP contribution >= 0.6 is 11.6 Å². The molecule has 1 aromatic carbocycles. The van der Waals surface area contributed by atoms with Gasteiger partial charge in [-0.2, -0.15) is 0 Å². The fourth-order valence-corrected chi connectivity index (χ4v) is 4.64. The van der Waals surface area contributed by atoms with Gasteiger partial charge in [-0.15, -0.1) is 6.58 Å². The predicted molar refractivity (Wildman–Crippen MR) is 97.9 cm³/mol. The molecule has 4 rings (SSSR count). The van der Waals surface area contributed by atoms with Crippen LogP contribution in [0.2, 0.25) is 5.02 Å². The van der Waals surface area contributed by atoms with Gasteiger partial charge in [-0.05, 0) is 37.6 Å². The minimum atomic E-state index is -0.826. The number of esters is 1. The minimum absolute atomic E-state index is 0.121. The van der Waals surface area contributed by atoms with Crippen LogP contribution in [0.15, 0.2) is 49.1 Å². The van der Waals surface area contributed by atoms with Gasteiger partial charge >= 0.3 is 5.97 Å². The second-order valence-electron chi connectivity index (χ2n) is 6.78. The third-order valence-electron chi connectivity index (χ3n) is 5.48. The summed E-state index contributed by atoms with van der Waals surface area (Å²) in [5.41, 5.74) is -0.0920. The summed E-state index contributed by atoms with van der Waals surface area (Å²) in [4.78, 5) is 27.6. The van der Waals surface area contributed by atoms with Crippen molar-refractivity contribution in [2.75, 3.05) is 11.5 Å². The number of hydrogen-bond acceptors (Lipinski definition) is 4. The molecule has 1 spiro atoms. The van der Waals surface area contributed by atoms with Gasteiger partial charge in [-0.25, -0.2) is 0 Å². The number of benzene rings is 1. The first kappa shape index (κ1) is 17.3. The number of nitrogens with zero attached hydrogens (tertiary/aromatic N) is 1. The van der Waals surface area contributed by atoms with Crippen molar-refractivity contribution in [2.24, 2.45) is 11.8 Å². The molecule has 0 aromatic heterocycles. The molecule has 1 amide bonds. The van der Waals surface area contributed by atoms with E-state index >= 15 is 0 Å². The zero-order valence-corrected chi connectivity index (χ0v) is 15.2. The molecule has 136 valence electrons. The standard InChI is InChI=1S/C20H20ClNO4/c1-3-5-15-20-11-10-14(26-20)16(19(24)25-4-2)17(20)18(23)22(15)13-8-6-12(21)7-9-13/h3,6-11,14-17H,1,4-5H2,2H3/t14-,15+,16-,17-,20-/m1/s1. The molecular formula is C20H20ClNO4. The van der Waals surface area contributed by atoms with Crippen LogP contribution in [0.25, 0.3) is 0 Å². The third-order valence-corrected chi connectivity index (χ3v) is 5.73. The summed E-state index contributed by atoms with van der Waals surface area (Å²) in [6, 6.07) is 6.85. The summed E-state index contributed by atoms with van der Waals surface area (Å²) < 4.78 is 11.4. The highest BCUT2D eigenvalue weighted by molar-refractivity contribution is 6.30. The molecule has 6 heteroatoms. The molecule has 2 fully saturated rings. The maximum Gasteiger partial charge on any atom is 0.312 e. The summed E-state index contributed by atoms with van der Waals surface area (Å²) in [5, 5.41) is 0.598. The summed E-state index contributed by atoms with van der Waals surface area (Å²) >= 11 is 5.99. The van der Waals surface area contributed by atoms with E-state index in [0.717, 1.165) is 5.69 Å². The van der Waals surface area contributed by atoms with Gasteiger partial charge in [-0.1, -0.05) is 29.8 Å². The van der Waals surface area contributed by atoms with Gasteiger partial charge < -0.3 is 14.4 Å². The van der Waals surface area contributed by atoms with E-state index in [2.05, 4.69) is 6.58 Å². The molecule has 3 heterocycles. The molecule has 0 aliphatic carbocycles. The topological polar surface area (TPSA) is 55.8 Å². The van der Waals surface area contributed by atoms with Crippen molar-refractivity contribution in [1.29, 1.82) is 0 Å². The Hall–Kier alpha value is -2.11. The van der Waals surface area contributed by atoms with Crippen LogP contribution in [-0.4, -0.2) is 36.2 Å². The lowest BCUT2D eigenvalue weighted by Crippen LogP contribution is -2.45. The number of halogens is 1. The Labute approximate surface area is 157 Å². The van der Waals surface area contributed by atoms with Gasteiger partial charge in [0.05, 0.1) is 24.7 Å². The Morgan fingerprint density at radius 1 is 1.42 bits per heavy atom. The number of ether oxygens (including phenoxy) is 2. The molecule has 0 unspecified atom stereocenters. The van der Waals surface area contributed by atoms with Crippen LogP contribution in [0.1, 0.15) is 13.3 Å². The fraction of sp³-hybridized carbons (Fsp3) is 0.400. The Bertz CT molecular complexity index is 790. The zero-order chi connectivity index (χ0) is 18.5. The SMILES string of the molecule is C=CC[C@@H]1N(c2ccc(Cl)cc2)C(=O)[C@H]2[C@H](C(=O)OCC)[C@H]3C=C[C@@]12O3. The summed E-state index contributed by atoms with van der Waals surface area (Å²) in [7, 11) is 0. The summed E-state index contributed by atoms with van der Waals surface area (Å²) in [6.07, 6.45) is 5.74. The Morgan fingerprint density at radius 3 is 2.81 bits per heavy atom. The zero-order valence-electron chi connectivity index (χ0n) is 14.4. The molecule has 2 bridgehead atoms. The van der Waals surface area contributed by atoms with E-state index in [4.69, 9.17) is 21.1 Å². The lowest BCUT2D eigenvalue weighted by atomic mass is 9.74. The maximum atomic E-state index is 13.4. The molecule has 3 aliphatic heterocycles. The van der Waals surface area contributed by atoms with Crippen molar-refractivity contribution in [3.05, 3.63) is 54.1 Å². The maximum absolute atomic E-state index is 13.4. The molecule has 26 heavy (non-hydrogen) atoms. The van der Waals surface area contributed by atoms with E-state index in [1.54, 1.807) is 30.0 Å². The lowest BCUT2D eigenvalue weighted by molar-refractivity contribution is -0.151. The highest BCUT2D eigenvalue weighted by Crippen LogP contribution is 2.56. The van der Waals surface area contributed by atoms with Crippen molar-refractivity contribution in [3.63, 3.8) is 0 Å². The average Bonchev–Trinajstić information content (AvgIpc) is 3.26. The van der Waals surface area contributed by atoms with Gasteiger partial charge in [0.25, 0.3) is 0 Å². The molecular weight excluding hydrogens is 354 g/mol. The molecule has 3 aliphatic rings. The van der Waals surface area contributed by atoms with Crippen LogP contribution in [0, 0.1) is 11.8 Å². The van der Waals surface area contributed by atoms with E-state index in [1.807, 2.05) is 24.3 Å². The molecule has 0 radical (unpaired) electrons. The third kappa shape index (κ3) is 2.27. The van der Waals surface area contributed by atoms with Crippen LogP contribution < -0.4 is 4.90 Å². The van der Waals surface area contributed by atoms with Crippen molar-refractivity contribution in [2.45, 2.75) is 31.1 Å². The molecule has 0 saturated carbocycles. The van der Waals surface area contributed by atoms with Gasteiger partial charge in [-0.3, -0.25) is 9.59 Å². The molecule has 1 aromatic rings. The quantitative estimate of drug-likeness (QED) is 0.587. The first-order valence-electron chi connectivity index (χ1n) is 8.77. The number of amides is 1. The van der Waals surface area contributed by atoms with Crippen LogP contribution in [0.5, 0.6) is 0 Å². The summed E-state index contributed by atoms with van der Waals surface area (Å²) in [5.74, 6) is -1.70. The van der Waals surface area contributed by atoms with Crippen molar-refractivity contribution < 1.29 is 19.1 Å². The molecule has 5 atom stereocenters. The largest absolute Gasteiger partial charge is 0.466 e. The van der Waals surface area contributed by atoms with Crippen LogP contribution in [0.3, 0.4) is 0 Å². The first-order valence-corrected chi connectivity index (χ1v) is 9.14. The number of rotatable bonds is 5. The molecule has 0 N–H and O–H groups in total. The van der Waals surface area contributed by atoms with E-state index in [1.165, 1.54) is 0 Å². The van der Waals surface area contributed by atoms with Gasteiger partial charge in [0.1, 0.15) is 11.5 Å². The normalized spacial score (nSPS) is 34.2. The van der Waals surface area contributed by atoms with Crippen LogP contribution in [-0.2, 0) is 19.1 Å². The molecule has 5 nitrogen and oxygen atoms in total. The summed E-state index contributed by atoms with van der Waals surface area (Å²) in [6.45, 7) is 5.87. The fourth-order valence-electron chi connectivity index (χ4n) is 4.51. The second-order valence-corrected chi connectivity index (χ2v) is 7.21. The minimum Gasteiger partial charge on any atom is -0.466 e. The van der Waals surface area contributed by atoms with E-state index in [-0.39, 0.29) is 24.5 Å². The van der Waals surface area contributed by atoms with E-state index < -0.39 is 23.5 Å². The number of fused-ring (bicyclic) bond motifs is 1. The number of carbonyl (C=O) groups excluding carboxylic acids is 2. The van der Waals surface area contributed by atoms with Crippen molar-refractivity contribution in [3.8, 4) is 0 Å². The Morgan fingerprint density at radius 2 is 2.15 bits per heavy atom. The highest BCUT2D eigenvalue weighted by Gasteiger charge is 2.71. The van der Waals surface area contributed by atoms with Crippen LogP contribution in [0.4, 0.5) is 5.69 Å². The highest BCUT2D eigenvalue weighted by atomic mass is 35.5. The van der Waals surface area contributed by atoms with Gasteiger partial charge in [0.15, 0.2) is 0 Å². The lowest BCUT2D eigenvalue weighted by Gasteiger charge is -2.32. The number of anilines is 1. The average molecular weight is 374 g/mol. The predicted octanol–water partition coefficient (Wildman–Crippen LogP) is 3.13. The molecule has 2 saturated heterocycles. The Kier molecular flexibility index (Phi) is 4.16. The van der Waals surface area contributed by atoms with Gasteiger partial charge in [0, 0.05) is 10.7 Å². The smallest absolute Gasteiger partial charge is 0.312 e. The van der Waals surface area contributed by atoms with Crippen molar-refractivity contribution >= 4 is 29.2 Å². The number of hydrogen-bond donors (Lipinski definition) is 0. The number of carbonyl (C=O) groups is 2. The Balaban J connectivity index is 1.78. The van der Waals surface area contributed by atoms with Crippen molar-refractivity contribution in [1.82, 2.24) is 0 Å². The van der Waals surface area contributed by atoms with E-state index in [0.29, 0.717) is 11.4 Å².